The van der Waals surface area contributed by atoms with Crippen LogP contribution in [0.15, 0.2) is 131 Å². The number of aromatic nitrogens is 8. The molecule has 2 unspecified atom stereocenters. The number of nitrogens with two attached hydrogens (primary N) is 2. The van der Waals surface area contributed by atoms with Gasteiger partial charge in [-0.1, -0.05) is 34.5 Å². The number of carbonyl (C=O) groups is 2. The molecule has 0 spiro atoms. The van der Waals surface area contributed by atoms with Crippen LogP contribution in [0, 0.1) is 0 Å². The Balaban J connectivity index is 0.853. The molecule has 0 saturated carbocycles. The highest BCUT2D eigenvalue weighted by atomic mass is 32.7. The Morgan fingerprint density at radius 1 is 0.652 bits per heavy atom. The van der Waals surface area contributed by atoms with E-state index in [9.17, 15) is 24.6 Å². The molecule has 89 heavy (non-hydrogen) atoms. The Morgan fingerprint density at radius 3 is 1.57 bits per heavy atom. The molecule has 0 aliphatic carbocycles. The molecular weight excluding hydrogens is 1240 g/mol. The van der Waals surface area contributed by atoms with Gasteiger partial charge in [0.05, 0.1) is 75.4 Å². The van der Waals surface area contributed by atoms with Crippen molar-refractivity contribution in [1.82, 2.24) is 49.2 Å². The van der Waals surface area contributed by atoms with E-state index in [4.69, 9.17) is 60.0 Å². The second kappa shape index (κ2) is 27.4. The van der Waals surface area contributed by atoms with Crippen molar-refractivity contribution in [3.63, 3.8) is 0 Å². The minimum absolute atomic E-state index is 0.000613. The number of H-pyrrole nitrogens is 1. The summed E-state index contributed by atoms with van der Waals surface area (Å²) in [5.41, 5.74) is 30.2. The van der Waals surface area contributed by atoms with Crippen molar-refractivity contribution in [3.8, 4) is 23.0 Å². The standard InChI is InChI=1S/C52H52N18O15P2S2/c53-44-40-45(58-25-57-44)69(26-59-40)48-42(71)38-36(84-48)21-80-87(77,89-24-29-3-11-35(12-4-29)83-51(75)31-7-15-33(16-8-31)79-20-18-62-68-56)66-39-37(85-49(43(39)72)70-27-60-41-46(70)63-52(54)64-47(41)73)22-81-86(76,65-38)88-23-28-1-9-34(10-2-28)82-50(74)30-5-13-32(14-6-30)78-19-17-61-67-55/h1-16,25-27,36-39,42-43,48-49,71-72H,17-24H2,(H,65,76)(H,66,77)(H2,53,57,58)(H3,54,63,64,73)/t36-,37-,38?,39-,42-,43-,48-,49-,86-,87?/m1/s1. The highest BCUT2D eigenvalue weighted by Crippen LogP contribution is 2.62. The lowest BCUT2D eigenvalue weighted by atomic mass is 10.1. The monoisotopic (exact) mass is 1290 g/mol. The fourth-order valence-corrected chi connectivity index (χ4v) is 16.9. The molecule has 3 saturated heterocycles. The number of carbonyl (C=O) groups excluding carboxylic acids is 2. The van der Waals surface area contributed by atoms with Gasteiger partial charge >= 0.3 is 25.4 Å². The van der Waals surface area contributed by atoms with Gasteiger partial charge in [-0.3, -0.25) is 28.0 Å². The molecular formula is C52H52N18O15P2S2. The molecule has 0 radical (unpaired) electrons. The molecule has 4 aromatic heterocycles. The molecule has 33 nitrogen and oxygen atoms in total. The number of aliphatic hydroxyl groups excluding tert-OH is 2. The van der Waals surface area contributed by atoms with Crippen LogP contribution in [0.5, 0.6) is 23.0 Å². The second-order valence-corrected chi connectivity index (χ2v) is 28.2. The lowest BCUT2D eigenvalue weighted by Gasteiger charge is -2.32. The Hall–Kier alpha value is -8.62. The zero-order valence-corrected chi connectivity index (χ0v) is 49.5. The third kappa shape index (κ3) is 14.4. The number of azide groups is 2. The van der Waals surface area contributed by atoms with Gasteiger partial charge < -0.3 is 59.1 Å². The van der Waals surface area contributed by atoms with Crippen LogP contribution in [-0.4, -0.2) is 137 Å². The number of nitrogen functional groups attached to an aromatic ring is 2. The van der Waals surface area contributed by atoms with Crippen LogP contribution >= 0.6 is 36.2 Å². The Morgan fingerprint density at radius 2 is 1.10 bits per heavy atom. The topological polar surface area (TPSA) is 463 Å². The maximum atomic E-state index is 15.6. The Labute approximate surface area is 509 Å². The highest BCUT2D eigenvalue weighted by Gasteiger charge is 2.53. The van der Waals surface area contributed by atoms with Crippen LogP contribution in [0.2, 0.25) is 0 Å². The van der Waals surface area contributed by atoms with Gasteiger partial charge in [0.2, 0.25) is 5.95 Å². The molecule has 3 fully saturated rings. The van der Waals surface area contributed by atoms with Crippen LogP contribution in [0.25, 0.3) is 43.2 Å². The number of imidazole rings is 2. The Bertz CT molecular complexity index is 4140. The van der Waals surface area contributed by atoms with Crippen molar-refractivity contribution in [3.05, 3.63) is 170 Å². The number of hydrogen-bond acceptors (Lipinski definition) is 26. The molecule has 7 heterocycles. The molecule has 10 atom stereocenters. The van der Waals surface area contributed by atoms with Gasteiger partial charge in [0.1, 0.15) is 59.3 Å². The highest BCUT2D eigenvalue weighted by molar-refractivity contribution is 8.55. The minimum Gasteiger partial charge on any atom is -0.493 e. The van der Waals surface area contributed by atoms with Crippen molar-refractivity contribution < 1.29 is 66.4 Å². The molecule has 0 amide bonds. The van der Waals surface area contributed by atoms with E-state index in [1.807, 2.05) is 0 Å². The fourth-order valence-electron chi connectivity index (χ4n) is 9.50. The Kier molecular flexibility index (Phi) is 19.1. The summed E-state index contributed by atoms with van der Waals surface area (Å²) in [5.74, 6) is -0.220. The van der Waals surface area contributed by atoms with Crippen LogP contribution < -0.4 is 46.1 Å². The maximum absolute atomic E-state index is 15.6. The van der Waals surface area contributed by atoms with Gasteiger partial charge in [0.25, 0.3) is 5.56 Å². The second-order valence-electron chi connectivity index (χ2n) is 19.6. The summed E-state index contributed by atoms with van der Waals surface area (Å²) in [7, 11) is 0. The first-order valence-corrected chi connectivity index (χ1v) is 33.3. The van der Waals surface area contributed by atoms with Crippen molar-refractivity contribution in [2.24, 2.45) is 10.2 Å². The largest absolute Gasteiger partial charge is 0.493 e. The summed E-state index contributed by atoms with van der Waals surface area (Å²) in [6.07, 6.45) is -4.72. The summed E-state index contributed by atoms with van der Waals surface area (Å²) in [4.78, 5) is 68.0. The summed E-state index contributed by atoms with van der Waals surface area (Å²) in [6.45, 7) is -9.25. The van der Waals surface area contributed by atoms with Crippen molar-refractivity contribution >= 4 is 82.2 Å². The van der Waals surface area contributed by atoms with E-state index in [0.29, 0.717) is 22.6 Å². The van der Waals surface area contributed by atoms with Crippen LogP contribution in [-0.2, 0) is 39.2 Å². The number of ether oxygens (including phenoxy) is 6. The average molecular weight is 1300 g/mol. The van der Waals surface area contributed by atoms with E-state index in [1.54, 1.807) is 72.8 Å². The molecule has 11 rings (SSSR count). The normalized spacial score (nSPS) is 24.2. The third-order valence-electron chi connectivity index (χ3n) is 13.9. The maximum Gasteiger partial charge on any atom is 0.343 e. The number of anilines is 2. The number of esters is 2. The van der Waals surface area contributed by atoms with Gasteiger partial charge in [0, 0.05) is 21.3 Å². The molecule has 8 aromatic rings. The predicted octanol–water partition coefficient (Wildman–Crippen LogP) is 6.50. The quantitative estimate of drug-likeness (QED) is 0.00813. The summed E-state index contributed by atoms with van der Waals surface area (Å²) < 4.78 is 82.1. The smallest absolute Gasteiger partial charge is 0.343 e. The fraction of sp³-hybridized carbons (Fsp3) is 0.308. The van der Waals surface area contributed by atoms with Gasteiger partial charge in [-0.2, -0.15) is 4.98 Å². The first kappa shape index (κ1) is 62.0. The summed E-state index contributed by atoms with van der Waals surface area (Å²) in [5, 5.41) is 37.6. The van der Waals surface area contributed by atoms with E-state index in [2.05, 4.69) is 60.1 Å². The van der Waals surface area contributed by atoms with Gasteiger partial charge in [-0.05, 0) is 118 Å². The van der Waals surface area contributed by atoms with E-state index in [-0.39, 0.29) is 94.5 Å². The molecule has 0 bridgehead atoms. The van der Waals surface area contributed by atoms with E-state index < -0.39 is 93.1 Å². The zero-order valence-electron chi connectivity index (χ0n) is 46.1. The first-order chi connectivity index (χ1) is 43.1. The van der Waals surface area contributed by atoms with Gasteiger partial charge in [-0.25, -0.2) is 39.7 Å². The van der Waals surface area contributed by atoms with Gasteiger partial charge in [0.15, 0.2) is 35.1 Å². The molecule has 37 heteroatoms. The summed E-state index contributed by atoms with van der Waals surface area (Å²) in [6, 6.07) is 22.5. The number of benzene rings is 4. The number of aliphatic hydroxyl groups is 2. The average Bonchev–Trinajstić information content (AvgIpc) is 1.68. The molecule has 9 N–H and O–H groups in total. The third-order valence-corrected chi connectivity index (χ3v) is 21.8. The number of nitrogens with zero attached hydrogens (tertiary/aromatic N) is 13. The zero-order chi connectivity index (χ0) is 62.2. The molecule has 3 aliphatic rings. The number of hydrogen-bond donors (Lipinski definition) is 7. The van der Waals surface area contributed by atoms with Gasteiger partial charge in [-0.15, -0.1) is 0 Å². The van der Waals surface area contributed by atoms with Crippen LogP contribution in [0.1, 0.15) is 44.3 Å². The first-order valence-electron chi connectivity index (χ1n) is 26.8. The minimum atomic E-state index is -4.34. The molecule has 462 valence electrons. The number of rotatable bonds is 20. The molecule has 3 aliphatic heterocycles. The predicted molar refractivity (Wildman–Crippen MR) is 320 cm³/mol. The van der Waals surface area contributed by atoms with E-state index in [0.717, 1.165) is 22.8 Å². The van der Waals surface area contributed by atoms with Crippen LogP contribution in [0.4, 0.5) is 11.8 Å². The SMILES string of the molecule is [N-]=[N+]=NCCOc1ccc(C(=O)Oc2ccc(CSP3(=O)N[C@H]4[C@@H](O)[C@H](n5cnc6c(=O)[nH]c(N)nc65)O[C@@H]4CO[P@@](=O)(SCc4ccc(OC(=O)c5ccc(OCCN=[N+]=[N-])cc5)cc4)NC4[C@@H](O)[C@H](n5cnc6c(N)ncnc65)O[C@@H]4CO3)cc2)cc1. The van der Waals surface area contributed by atoms with Crippen molar-refractivity contribution in [2.75, 3.05) is 51.0 Å². The van der Waals surface area contributed by atoms with Crippen molar-refractivity contribution in [1.29, 1.82) is 0 Å². The van der Waals surface area contributed by atoms with Crippen molar-refractivity contribution in [2.45, 2.75) is 60.5 Å². The van der Waals surface area contributed by atoms with Crippen LogP contribution in [0.3, 0.4) is 0 Å². The molecule has 4 aromatic carbocycles. The lowest BCUT2D eigenvalue weighted by molar-refractivity contribution is -0.0464. The van der Waals surface area contributed by atoms with E-state index >= 15 is 9.13 Å². The lowest BCUT2D eigenvalue weighted by Crippen LogP contribution is -2.47. The summed E-state index contributed by atoms with van der Waals surface area (Å²) >= 11 is 1.66. The number of fused-ring (bicyclic) bond motifs is 4. The number of nitrogens with one attached hydrogen (secondary N) is 3. The number of aromatic amines is 1. The van der Waals surface area contributed by atoms with E-state index in [1.165, 1.54) is 52.4 Å².